The summed E-state index contributed by atoms with van der Waals surface area (Å²) in [7, 11) is 1.80. The van der Waals surface area contributed by atoms with E-state index in [9.17, 15) is 4.79 Å². The summed E-state index contributed by atoms with van der Waals surface area (Å²) in [6, 6.07) is 17.8. The summed E-state index contributed by atoms with van der Waals surface area (Å²) < 4.78 is 0. The Bertz CT molecular complexity index is 759. The third-order valence-corrected chi connectivity index (χ3v) is 5.15. The highest BCUT2D eigenvalue weighted by atomic mass is 32.2. The molecule has 0 radical (unpaired) electrons. The number of nitrogens with one attached hydrogen (secondary N) is 1. The molecule has 0 saturated carbocycles. The molecule has 1 atom stereocenters. The Morgan fingerprint density at radius 3 is 2.62 bits per heavy atom. The topological polar surface area (TPSA) is 44.7 Å². The van der Waals surface area contributed by atoms with Gasteiger partial charge in [0.1, 0.15) is 5.04 Å². The van der Waals surface area contributed by atoms with Crippen molar-refractivity contribution in [3.8, 4) is 0 Å². The Morgan fingerprint density at radius 1 is 1.10 bits per heavy atom. The van der Waals surface area contributed by atoms with E-state index in [1.165, 1.54) is 11.8 Å². The van der Waals surface area contributed by atoms with Crippen molar-refractivity contribution in [2.45, 2.75) is 4.87 Å². The molecular formula is C16H13N3OS. The van der Waals surface area contributed by atoms with Crippen LogP contribution in [0.15, 0.2) is 59.7 Å². The van der Waals surface area contributed by atoms with Gasteiger partial charge in [-0.05, 0) is 6.07 Å². The quantitative estimate of drug-likeness (QED) is 0.879. The van der Waals surface area contributed by atoms with Gasteiger partial charge in [-0.15, -0.1) is 0 Å². The summed E-state index contributed by atoms with van der Waals surface area (Å²) in [5.41, 5.74) is 6.00. The fraction of sp³-hybridized carbons (Fsp3) is 0.125. The number of fused-ring (bicyclic) bond motifs is 2. The highest BCUT2D eigenvalue weighted by Gasteiger charge is 2.54. The van der Waals surface area contributed by atoms with Crippen molar-refractivity contribution in [1.29, 1.82) is 0 Å². The number of anilines is 1. The van der Waals surface area contributed by atoms with Crippen molar-refractivity contribution in [3.05, 3.63) is 65.7 Å². The Morgan fingerprint density at radius 2 is 1.81 bits per heavy atom. The second kappa shape index (κ2) is 4.36. The number of rotatable bonds is 1. The van der Waals surface area contributed by atoms with Gasteiger partial charge in [-0.25, -0.2) is 0 Å². The zero-order valence-electron chi connectivity index (χ0n) is 11.4. The van der Waals surface area contributed by atoms with Crippen LogP contribution in [-0.2, 0) is 9.67 Å². The van der Waals surface area contributed by atoms with Crippen molar-refractivity contribution in [3.63, 3.8) is 0 Å². The first-order valence-electron chi connectivity index (χ1n) is 6.69. The second-order valence-corrected chi connectivity index (χ2v) is 6.26. The zero-order chi connectivity index (χ0) is 14.4. The first kappa shape index (κ1) is 12.5. The lowest BCUT2D eigenvalue weighted by molar-refractivity contribution is -0.120. The fourth-order valence-corrected chi connectivity index (χ4v) is 3.99. The largest absolute Gasteiger partial charge is 0.312 e. The Labute approximate surface area is 126 Å². The van der Waals surface area contributed by atoms with E-state index in [0.29, 0.717) is 0 Å². The molecule has 2 aliphatic heterocycles. The maximum absolute atomic E-state index is 12.7. The molecule has 104 valence electrons. The third-order valence-electron chi connectivity index (χ3n) is 3.84. The minimum atomic E-state index is -0.823. The molecule has 5 heteroatoms. The minimum Gasteiger partial charge on any atom is -0.312 e. The predicted molar refractivity (Wildman–Crippen MR) is 85.2 cm³/mol. The normalized spacial score (nSPS) is 23.2. The van der Waals surface area contributed by atoms with Crippen LogP contribution >= 0.6 is 11.8 Å². The van der Waals surface area contributed by atoms with Crippen LogP contribution in [0, 0.1) is 0 Å². The van der Waals surface area contributed by atoms with Gasteiger partial charge in [-0.3, -0.25) is 10.2 Å². The lowest BCUT2D eigenvalue weighted by Crippen LogP contribution is -2.43. The SMILES string of the molecule is CN1C(=O)[C@]2(NN=C(c3ccccc3)S2)c2ccccc21. The molecule has 0 fully saturated rings. The molecule has 2 aromatic carbocycles. The van der Waals surface area contributed by atoms with Gasteiger partial charge in [0.25, 0.3) is 5.91 Å². The molecule has 1 spiro atoms. The number of nitrogens with zero attached hydrogens (tertiary/aromatic N) is 2. The summed E-state index contributed by atoms with van der Waals surface area (Å²) in [6.45, 7) is 0. The van der Waals surface area contributed by atoms with Crippen molar-refractivity contribution in [2.24, 2.45) is 5.10 Å². The lowest BCUT2D eigenvalue weighted by atomic mass is 10.1. The van der Waals surface area contributed by atoms with E-state index in [1.54, 1.807) is 11.9 Å². The molecule has 4 nitrogen and oxygen atoms in total. The van der Waals surface area contributed by atoms with Crippen LogP contribution in [0.3, 0.4) is 0 Å². The van der Waals surface area contributed by atoms with Gasteiger partial charge in [0.2, 0.25) is 4.87 Å². The minimum absolute atomic E-state index is 0.0170. The van der Waals surface area contributed by atoms with Crippen LogP contribution in [0.4, 0.5) is 5.69 Å². The number of hydrogen-bond acceptors (Lipinski definition) is 4. The summed E-state index contributed by atoms with van der Waals surface area (Å²) in [4.78, 5) is 13.6. The van der Waals surface area contributed by atoms with Gasteiger partial charge >= 0.3 is 0 Å². The van der Waals surface area contributed by atoms with Crippen LogP contribution in [0.5, 0.6) is 0 Å². The predicted octanol–water partition coefficient (Wildman–Crippen LogP) is 2.51. The van der Waals surface area contributed by atoms with Gasteiger partial charge in [0.05, 0.1) is 5.69 Å². The molecule has 1 N–H and O–H groups in total. The highest BCUT2D eigenvalue weighted by molar-refractivity contribution is 8.16. The average Bonchev–Trinajstić information content (AvgIpc) is 3.08. The van der Waals surface area contributed by atoms with E-state index in [-0.39, 0.29) is 5.91 Å². The molecule has 0 bridgehead atoms. The molecule has 2 heterocycles. The van der Waals surface area contributed by atoms with Crippen LogP contribution in [0.25, 0.3) is 0 Å². The summed E-state index contributed by atoms with van der Waals surface area (Å²) >= 11 is 1.48. The number of hydrogen-bond donors (Lipinski definition) is 1. The maximum Gasteiger partial charge on any atom is 0.269 e. The molecule has 0 saturated heterocycles. The molecular weight excluding hydrogens is 282 g/mol. The van der Waals surface area contributed by atoms with Crippen molar-refractivity contribution >= 4 is 28.4 Å². The fourth-order valence-electron chi connectivity index (χ4n) is 2.76. The van der Waals surface area contributed by atoms with Crippen LogP contribution in [-0.4, -0.2) is 18.0 Å². The van der Waals surface area contributed by atoms with E-state index in [0.717, 1.165) is 21.9 Å². The summed E-state index contributed by atoms with van der Waals surface area (Å²) in [6.07, 6.45) is 0. The summed E-state index contributed by atoms with van der Waals surface area (Å²) in [5, 5.41) is 5.25. The van der Waals surface area contributed by atoms with Gasteiger partial charge in [0.15, 0.2) is 0 Å². The number of likely N-dealkylation sites (N-methyl/N-ethyl adjacent to an activating group) is 1. The Hall–Kier alpha value is -2.27. The number of amides is 1. The summed E-state index contributed by atoms with van der Waals surface area (Å²) in [5.74, 6) is 0.0170. The van der Waals surface area contributed by atoms with Gasteiger partial charge in [0, 0.05) is 18.2 Å². The first-order chi connectivity index (χ1) is 10.2. The maximum atomic E-state index is 12.7. The standard InChI is InChI=1S/C16H13N3OS/c1-19-13-10-6-5-9-12(13)16(15(19)20)18-17-14(21-16)11-7-3-2-4-8-11/h2-10,18H,1H3/t16-/m0/s1. The lowest BCUT2D eigenvalue weighted by Gasteiger charge is -2.20. The van der Waals surface area contributed by atoms with Gasteiger partial charge in [-0.1, -0.05) is 60.3 Å². The van der Waals surface area contributed by atoms with Crippen LogP contribution < -0.4 is 10.3 Å². The van der Waals surface area contributed by atoms with E-state index >= 15 is 0 Å². The van der Waals surface area contributed by atoms with Crippen molar-refractivity contribution < 1.29 is 4.79 Å². The highest BCUT2D eigenvalue weighted by Crippen LogP contribution is 2.49. The molecule has 0 aliphatic carbocycles. The second-order valence-electron chi connectivity index (χ2n) is 5.06. The first-order valence-corrected chi connectivity index (χ1v) is 7.51. The number of benzene rings is 2. The molecule has 2 aromatic rings. The Balaban J connectivity index is 1.77. The molecule has 21 heavy (non-hydrogen) atoms. The van der Waals surface area contributed by atoms with E-state index in [1.807, 2.05) is 54.6 Å². The Kier molecular flexibility index (Phi) is 2.59. The van der Waals surface area contributed by atoms with Crippen LogP contribution in [0.2, 0.25) is 0 Å². The number of thioether (sulfide) groups is 1. The molecule has 0 aromatic heterocycles. The number of carbonyl (C=O) groups excluding carboxylic acids is 1. The zero-order valence-corrected chi connectivity index (χ0v) is 12.2. The van der Waals surface area contributed by atoms with Gasteiger partial charge < -0.3 is 4.90 Å². The number of carbonyl (C=O) groups is 1. The average molecular weight is 295 g/mol. The van der Waals surface area contributed by atoms with E-state index in [4.69, 9.17) is 0 Å². The monoisotopic (exact) mass is 295 g/mol. The van der Waals surface area contributed by atoms with E-state index in [2.05, 4.69) is 10.5 Å². The molecule has 1 amide bonds. The van der Waals surface area contributed by atoms with Crippen molar-refractivity contribution in [1.82, 2.24) is 5.43 Å². The smallest absolute Gasteiger partial charge is 0.269 e. The number of para-hydroxylation sites is 1. The molecule has 0 unspecified atom stereocenters. The van der Waals surface area contributed by atoms with E-state index < -0.39 is 4.87 Å². The molecule has 4 rings (SSSR count). The van der Waals surface area contributed by atoms with Gasteiger partial charge in [-0.2, -0.15) is 5.10 Å². The van der Waals surface area contributed by atoms with Crippen molar-refractivity contribution in [2.75, 3.05) is 11.9 Å². The van der Waals surface area contributed by atoms with Crippen LogP contribution in [0.1, 0.15) is 11.1 Å². The molecule has 2 aliphatic rings. The third kappa shape index (κ3) is 1.64. The number of hydrazone groups is 1.